The van der Waals surface area contributed by atoms with Crippen molar-refractivity contribution in [3.05, 3.63) is 10.9 Å². The van der Waals surface area contributed by atoms with Crippen molar-refractivity contribution in [2.45, 2.75) is 25.9 Å². The molecule has 0 aliphatic carbocycles. The van der Waals surface area contributed by atoms with Gasteiger partial charge in [0.25, 0.3) is 0 Å². The van der Waals surface area contributed by atoms with Crippen molar-refractivity contribution in [3.8, 4) is 0 Å². The van der Waals surface area contributed by atoms with Crippen LogP contribution in [0.5, 0.6) is 0 Å². The number of hydrazine groups is 1. The van der Waals surface area contributed by atoms with Crippen LogP contribution in [0.1, 0.15) is 18.2 Å². The molecule has 21 heavy (non-hydrogen) atoms. The van der Waals surface area contributed by atoms with Gasteiger partial charge >= 0.3 is 6.18 Å². The normalized spacial score (nSPS) is 11.9. The third kappa shape index (κ3) is 3.73. The molecule has 5 nitrogen and oxygen atoms in total. The fourth-order valence-corrected chi connectivity index (χ4v) is 2.85. The number of anilines is 2. The molecule has 0 aliphatic heterocycles. The minimum Gasteiger partial charge on any atom is -0.359 e. The van der Waals surface area contributed by atoms with E-state index >= 15 is 0 Å². The molecule has 0 saturated carbocycles. The first-order valence-electron chi connectivity index (χ1n) is 6.39. The highest BCUT2D eigenvalue weighted by molar-refractivity contribution is 7.18. The summed E-state index contributed by atoms with van der Waals surface area (Å²) in [6.45, 7) is 1.84. The van der Waals surface area contributed by atoms with Gasteiger partial charge in [0.1, 0.15) is 10.6 Å². The van der Waals surface area contributed by atoms with Crippen LogP contribution >= 0.6 is 11.3 Å². The van der Waals surface area contributed by atoms with Crippen LogP contribution in [0, 0.1) is 0 Å². The summed E-state index contributed by atoms with van der Waals surface area (Å²) >= 11 is 1.49. The molecular weight excluding hydrogens is 303 g/mol. The van der Waals surface area contributed by atoms with Crippen molar-refractivity contribution in [1.29, 1.82) is 0 Å². The molecule has 116 valence electrons. The Morgan fingerprint density at radius 2 is 2.10 bits per heavy atom. The molecule has 0 atom stereocenters. The number of nitrogen functional groups attached to an aromatic ring is 1. The lowest BCUT2D eigenvalue weighted by Crippen LogP contribution is -2.25. The lowest BCUT2D eigenvalue weighted by molar-refractivity contribution is -0.132. The molecule has 9 heteroatoms. The van der Waals surface area contributed by atoms with Gasteiger partial charge in [-0.15, -0.1) is 11.3 Å². The average Bonchev–Trinajstić information content (AvgIpc) is 2.85. The Morgan fingerprint density at radius 1 is 1.38 bits per heavy atom. The van der Waals surface area contributed by atoms with E-state index in [0.717, 1.165) is 16.7 Å². The summed E-state index contributed by atoms with van der Waals surface area (Å²) in [6.07, 6.45) is -4.26. The summed E-state index contributed by atoms with van der Waals surface area (Å²) in [5.41, 5.74) is 2.35. The summed E-state index contributed by atoms with van der Waals surface area (Å²) in [5.74, 6) is 5.97. The smallest absolute Gasteiger partial charge is 0.359 e. The second-order valence-electron chi connectivity index (χ2n) is 4.59. The van der Waals surface area contributed by atoms with Crippen LogP contribution < -0.4 is 16.2 Å². The Balaban J connectivity index is 2.38. The predicted molar refractivity (Wildman–Crippen MR) is 78.5 cm³/mol. The van der Waals surface area contributed by atoms with E-state index in [1.807, 2.05) is 13.0 Å². The van der Waals surface area contributed by atoms with Gasteiger partial charge in [-0.25, -0.2) is 10.8 Å². The van der Waals surface area contributed by atoms with E-state index in [0.29, 0.717) is 10.6 Å². The lowest BCUT2D eigenvalue weighted by Gasteiger charge is -2.20. The molecule has 3 N–H and O–H groups in total. The number of alkyl halides is 3. The lowest BCUT2D eigenvalue weighted by atomic mass is 10.3. The SMILES string of the molecule is CCc1cc2c(N(C)CCC(F)(F)F)nc(NN)nc2s1. The largest absolute Gasteiger partial charge is 0.390 e. The Kier molecular flexibility index (Phi) is 4.52. The first-order valence-corrected chi connectivity index (χ1v) is 7.20. The summed E-state index contributed by atoms with van der Waals surface area (Å²) < 4.78 is 37.1. The molecule has 2 aromatic rings. The molecule has 0 aromatic carbocycles. The quantitative estimate of drug-likeness (QED) is 0.655. The molecule has 2 rings (SSSR count). The van der Waals surface area contributed by atoms with Gasteiger partial charge in [-0.2, -0.15) is 18.2 Å². The van der Waals surface area contributed by atoms with Crippen molar-refractivity contribution >= 4 is 33.3 Å². The van der Waals surface area contributed by atoms with Crippen molar-refractivity contribution in [2.24, 2.45) is 5.84 Å². The fraction of sp³-hybridized carbons (Fsp3) is 0.500. The van der Waals surface area contributed by atoms with E-state index in [9.17, 15) is 13.2 Å². The van der Waals surface area contributed by atoms with E-state index in [2.05, 4.69) is 15.4 Å². The average molecular weight is 319 g/mol. The third-order valence-electron chi connectivity index (χ3n) is 2.99. The molecule has 0 bridgehead atoms. The Hall–Kier alpha value is -1.61. The number of aromatic nitrogens is 2. The van der Waals surface area contributed by atoms with Gasteiger partial charge < -0.3 is 4.90 Å². The number of hydrogen-bond donors (Lipinski definition) is 2. The van der Waals surface area contributed by atoms with Gasteiger partial charge in [-0.05, 0) is 12.5 Å². The van der Waals surface area contributed by atoms with Crippen molar-refractivity contribution < 1.29 is 13.2 Å². The molecule has 0 spiro atoms. The monoisotopic (exact) mass is 319 g/mol. The van der Waals surface area contributed by atoms with Crippen molar-refractivity contribution in [3.63, 3.8) is 0 Å². The van der Waals surface area contributed by atoms with Gasteiger partial charge in [0, 0.05) is 18.5 Å². The second-order valence-corrected chi connectivity index (χ2v) is 5.70. The molecule has 0 saturated heterocycles. The molecule has 0 unspecified atom stereocenters. The zero-order valence-electron chi connectivity index (χ0n) is 11.7. The number of fused-ring (bicyclic) bond motifs is 1. The van der Waals surface area contributed by atoms with Crippen LogP contribution in [0.3, 0.4) is 0 Å². The summed E-state index contributed by atoms with van der Waals surface area (Å²) in [5, 5.41) is 0.750. The Morgan fingerprint density at radius 3 is 2.67 bits per heavy atom. The molecular formula is C12H16F3N5S. The van der Waals surface area contributed by atoms with Gasteiger partial charge in [0.2, 0.25) is 5.95 Å². The predicted octanol–water partition coefficient (Wildman–Crippen LogP) is 2.93. The topological polar surface area (TPSA) is 67.1 Å². The second kappa shape index (κ2) is 6.02. The van der Waals surface area contributed by atoms with Crippen LogP contribution in [0.15, 0.2) is 6.07 Å². The van der Waals surface area contributed by atoms with Crippen LogP contribution in [-0.4, -0.2) is 29.7 Å². The van der Waals surface area contributed by atoms with Gasteiger partial charge in [0.15, 0.2) is 0 Å². The molecule has 0 fully saturated rings. The first kappa shape index (κ1) is 15.8. The number of aryl methyl sites for hydroxylation is 1. The third-order valence-corrected chi connectivity index (χ3v) is 4.17. The number of nitrogens with zero attached hydrogens (tertiary/aromatic N) is 3. The molecule has 0 amide bonds. The maximum atomic E-state index is 12.4. The first-order chi connectivity index (χ1) is 9.84. The summed E-state index contributed by atoms with van der Waals surface area (Å²) in [7, 11) is 1.58. The van der Waals surface area contributed by atoms with Gasteiger partial charge in [-0.3, -0.25) is 5.43 Å². The minimum absolute atomic E-state index is 0.170. The molecule has 0 aliphatic rings. The number of rotatable bonds is 5. The number of nitrogens with one attached hydrogen (secondary N) is 1. The van der Waals surface area contributed by atoms with Crippen LogP contribution in [0.4, 0.5) is 24.9 Å². The molecule has 0 radical (unpaired) electrons. The summed E-state index contributed by atoms with van der Waals surface area (Å²) in [6, 6.07) is 1.92. The van der Waals surface area contributed by atoms with E-state index < -0.39 is 12.6 Å². The van der Waals surface area contributed by atoms with Gasteiger partial charge in [-0.1, -0.05) is 6.92 Å². The van der Waals surface area contributed by atoms with E-state index in [4.69, 9.17) is 5.84 Å². The van der Waals surface area contributed by atoms with Gasteiger partial charge in [0.05, 0.1) is 11.8 Å². The number of thiophene rings is 1. The standard InChI is InChI=1S/C12H16F3N5S/c1-3-7-6-8-9(20(2)5-4-12(13,14)15)17-11(19-16)18-10(8)21-7/h6H,3-5,16H2,1-2H3,(H,17,18,19). The minimum atomic E-state index is -4.20. The Bertz CT molecular complexity index is 625. The number of hydrogen-bond acceptors (Lipinski definition) is 6. The van der Waals surface area contributed by atoms with Crippen molar-refractivity contribution in [2.75, 3.05) is 23.9 Å². The zero-order chi connectivity index (χ0) is 15.6. The van der Waals surface area contributed by atoms with E-state index in [1.54, 1.807) is 7.05 Å². The van der Waals surface area contributed by atoms with Crippen LogP contribution in [0.2, 0.25) is 0 Å². The highest BCUT2D eigenvalue weighted by Gasteiger charge is 2.28. The number of halogens is 3. The zero-order valence-corrected chi connectivity index (χ0v) is 12.5. The maximum absolute atomic E-state index is 12.4. The fourth-order valence-electron chi connectivity index (χ4n) is 1.89. The van der Waals surface area contributed by atoms with E-state index in [-0.39, 0.29) is 12.5 Å². The summed E-state index contributed by atoms with van der Waals surface area (Å²) in [4.78, 5) is 11.7. The molecule has 2 heterocycles. The van der Waals surface area contributed by atoms with E-state index in [1.165, 1.54) is 16.2 Å². The highest BCUT2D eigenvalue weighted by atomic mass is 32.1. The van der Waals surface area contributed by atoms with Crippen LogP contribution in [0.25, 0.3) is 10.2 Å². The highest BCUT2D eigenvalue weighted by Crippen LogP contribution is 2.32. The number of nitrogens with two attached hydrogens (primary N) is 1. The molecule has 2 aromatic heterocycles. The Labute approximate surface area is 123 Å². The van der Waals surface area contributed by atoms with Crippen molar-refractivity contribution in [1.82, 2.24) is 9.97 Å². The van der Waals surface area contributed by atoms with Crippen LogP contribution in [-0.2, 0) is 6.42 Å². The maximum Gasteiger partial charge on any atom is 0.390 e.